The van der Waals surface area contributed by atoms with E-state index in [0.717, 1.165) is 32.9 Å². The summed E-state index contributed by atoms with van der Waals surface area (Å²) in [4.78, 5) is 13.0. The minimum Gasteiger partial charge on any atom is -0.248 e. The average molecular weight is 257 g/mol. The van der Waals surface area contributed by atoms with E-state index in [9.17, 15) is 0 Å². The molecule has 0 amide bonds. The van der Waals surface area contributed by atoms with E-state index in [1.165, 1.54) is 0 Å². The quantitative estimate of drug-likeness (QED) is 0.486. The Hall–Kier alpha value is -2.81. The normalized spacial score (nSPS) is 11.0. The van der Waals surface area contributed by atoms with Crippen LogP contribution >= 0.6 is 0 Å². The van der Waals surface area contributed by atoms with E-state index >= 15 is 0 Å². The molecule has 0 unspecified atom stereocenters. The molecule has 2 aromatic heterocycles. The van der Waals surface area contributed by atoms with Gasteiger partial charge in [0, 0.05) is 34.3 Å². The van der Waals surface area contributed by atoms with Crippen LogP contribution in [0.3, 0.4) is 0 Å². The van der Waals surface area contributed by atoms with E-state index < -0.39 is 0 Å². The van der Waals surface area contributed by atoms with Gasteiger partial charge in [-0.05, 0) is 12.1 Å². The molecule has 0 radical (unpaired) electrons. The molecule has 0 aliphatic carbocycles. The summed E-state index contributed by atoms with van der Waals surface area (Å²) < 4.78 is 0. The van der Waals surface area contributed by atoms with E-state index in [1.807, 2.05) is 48.8 Å². The zero-order valence-corrected chi connectivity index (χ0v) is 10.7. The number of hydrogen-bond donors (Lipinski definition) is 0. The average Bonchev–Trinajstić information content (AvgIpc) is 2.53. The van der Waals surface area contributed by atoms with Gasteiger partial charge in [-0.2, -0.15) is 0 Å². The number of fused-ring (bicyclic) bond motifs is 2. The van der Waals surface area contributed by atoms with E-state index in [2.05, 4.69) is 22.1 Å². The molecule has 0 fully saturated rings. The number of nitrogens with zero attached hydrogens (tertiary/aromatic N) is 3. The zero-order chi connectivity index (χ0) is 13.4. The van der Waals surface area contributed by atoms with Crippen molar-refractivity contribution in [3.05, 3.63) is 67.3 Å². The number of aromatic nitrogens is 3. The van der Waals surface area contributed by atoms with Gasteiger partial charge in [-0.1, -0.05) is 36.4 Å². The molecule has 0 saturated heterocycles. The first-order chi connectivity index (χ1) is 9.93. The molecular weight excluding hydrogens is 246 g/mol. The second-order valence-electron chi connectivity index (χ2n) is 4.65. The predicted molar refractivity (Wildman–Crippen MR) is 80.3 cm³/mol. The minimum atomic E-state index is 0.991. The Labute approximate surface area is 116 Å². The highest BCUT2D eigenvalue weighted by Gasteiger charge is 2.10. The molecular formula is C17H11N3. The fourth-order valence-corrected chi connectivity index (χ4v) is 2.58. The lowest BCUT2D eigenvalue weighted by Gasteiger charge is -2.10. The van der Waals surface area contributed by atoms with Gasteiger partial charge in [-0.15, -0.1) is 0 Å². The molecule has 20 heavy (non-hydrogen) atoms. The van der Waals surface area contributed by atoms with Crippen molar-refractivity contribution in [1.82, 2.24) is 15.0 Å². The Kier molecular flexibility index (Phi) is 2.42. The van der Waals surface area contributed by atoms with E-state index in [0.29, 0.717) is 0 Å². The van der Waals surface area contributed by atoms with E-state index in [-0.39, 0.29) is 0 Å². The molecule has 4 rings (SSSR count). The summed E-state index contributed by atoms with van der Waals surface area (Å²) in [6.07, 6.45) is 5.25. The smallest absolute Gasteiger partial charge is 0.115 e. The molecule has 94 valence electrons. The first-order valence-electron chi connectivity index (χ1n) is 6.46. The van der Waals surface area contributed by atoms with Crippen LogP contribution in [0.1, 0.15) is 0 Å². The molecule has 0 spiro atoms. The molecule has 3 nitrogen and oxygen atoms in total. The second kappa shape index (κ2) is 4.38. The van der Waals surface area contributed by atoms with Crippen LogP contribution in [0.15, 0.2) is 67.3 Å². The molecule has 0 N–H and O–H groups in total. The highest BCUT2D eigenvalue weighted by Crippen LogP contribution is 2.33. The van der Waals surface area contributed by atoms with Crippen LogP contribution in [0, 0.1) is 0 Å². The van der Waals surface area contributed by atoms with Crippen molar-refractivity contribution >= 4 is 21.8 Å². The van der Waals surface area contributed by atoms with Crippen molar-refractivity contribution in [2.75, 3.05) is 0 Å². The van der Waals surface area contributed by atoms with Crippen LogP contribution < -0.4 is 0 Å². The lowest BCUT2D eigenvalue weighted by molar-refractivity contribution is 1.17. The molecule has 0 aliphatic rings. The van der Waals surface area contributed by atoms with Crippen molar-refractivity contribution in [3.63, 3.8) is 0 Å². The fraction of sp³-hybridized carbons (Fsp3) is 0. The summed E-state index contributed by atoms with van der Waals surface area (Å²) in [5.74, 6) is 0. The maximum atomic E-state index is 4.72. The Morgan fingerprint density at radius 2 is 1.20 bits per heavy atom. The summed E-state index contributed by atoms with van der Waals surface area (Å²) in [5, 5.41) is 2.25. The molecule has 0 atom stereocenters. The summed E-state index contributed by atoms with van der Waals surface area (Å²) >= 11 is 0. The standard InChI is InChI=1S/C17H11N3/c1-3-7-15-13(5-1)17(12-9-18-11-19-10-12)14-6-2-4-8-16(14)20-15/h1-11H. The third-order valence-electron chi connectivity index (χ3n) is 3.44. The zero-order valence-electron chi connectivity index (χ0n) is 10.7. The third-order valence-corrected chi connectivity index (χ3v) is 3.44. The van der Waals surface area contributed by atoms with Gasteiger partial charge in [0.05, 0.1) is 11.0 Å². The predicted octanol–water partition coefficient (Wildman–Crippen LogP) is 3.85. The van der Waals surface area contributed by atoms with Crippen molar-refractivity contribution in [3.8, 4) is 11.1 Å². The summed E-state index contributed by atoms with van der Waals surface area (Å²) in [6.45, 7) is 0. The Bertz CT molecular complexity index is 847. The number of benzene rings is 2. The highest BCUT2D eigenvalue weighted by atomic mass is 14.8. The van der Waals surface area contributed by atoms with Crippen molar-refractivity contribution < 1.29 is 0 Å². The van der Waals surface area contributed by atoms with Crippen molar-refractivity contribution in [1.29, 1.82) is 0 Å². The summed E-state index contributed by atoms with van der Waals surface area (Å²) in [6, 6.07) is 16.3. The monoisotopic (exact) mass is 257 g/mol. The van der Waals surface area contributed by atoms with Crippen LogP contribution in [0.4, 0.5) is 0 Å². The van der Waals surface area contributed by atoms with Gasteiger partial charge in [0.1, 0.15) is 6.33 Å². The molecule has 0 aliphatic heterocycles. The molecule has 0 bridgehead atoms. The maximum absolute atomic E-state index is 4.72. The van der Waals surface area contributed by atoms with Gasteiger partial charge < -0.3 is 0 Å². The molecule has 2 heterocycles. The van der Waals surface area contributed by atoms with Gasteiger partial charge in [0.25, 0.3) is 0 Å². The number of rotatable bonds is 1. The van der Waals surface area contributed by atoms with Crippen LogP contribution in [-0.4, -0.2) is 15.0 Å². The Morgan fingerprint density at radius 3 is 1.80 bits per heavy atom. The number of para-hydroxylation sites is 2. The van der Waals surface area contributed by atoms with Crippen LogP contribution in [0.2, 0.25) is 0 Å². The van der Waals surface area contributed by atoms with Gasteiger partial charge in [-0.3, -0.25) is 0 Å². The molecule has 3 heteroatoms. The number of pyridine rings is 1. The maximum Gasteiger partial charge on any atom is 0.115 e. The molecule has 4 aromatic rings. The fourth-order valence-electron chi connectivity index (χ4n) is 2.58. The SMILES string of the molecule is c1ccc2c(-c3cncnc3)c3ccccc3nc2c1. The summed E-state index contributed by atoms with van der Waals surface area (Å²) in [7, 11) is 0. The summed E-state index contributed by atoms with van der Waals surface area (Å²) in [5.41, 5.74) is 4.14. The van der Waals surface area contributed by atoms with E-state index in [4.69, 9.17) is 4.98 Å². The topological polar surface area (TPSA) is 38.7 Å². The van der Waals surface area contributed by atoms with Crippen molar-refractivity contribution in [2.24, 2.45) is 0 Å². The van der Waals surface area contributed by atoms with Crippen molar-refractivity contribution in [2.45, 2.75) is 0 Å². The Balaban J connectivity index is 2.24. The highest BCUT2D eigenvalue weighted by molar-refractivity contribution is 6.09. The van der Waals surface area contributed by atoms with Crippen LogP contribution in [0.5, 0.6) is 0 Å². The van der Waals surface area contributed by atoms with E-state index in [1.54, 1.807) is 6.33 Å². The van der Waals surface area contributed by atoms with Gasteiger partial charge >= 0.3 is 0 Å². The van der Waals surface area contributed by atoms with Gasteiger partial charge in [0.15, 0.2) is 0 Å². The third kappa shape index (κ3) is 1.64. The second-order valence-corrected chi connectivity index (χ2v) is 4.65. The lowest BCUT2D eigenvalue weighted by Crippen LogP contribution is -1.90. The minimum absolute atomic E-state index is 0.991. The Morgan fingerprint density at radius 1 is 0.650 bits per heavy atom. The molecule has 2 aromatic carbocycles. The first-order valence-corrected chi connectivity index (χ1v) is 6.46. The molecule has 0 saturated carbocycles. The number of hydrogen-bond acceptors (Lipinski definition) is 3. The largest absolute Gasteiger partial charge is 0.248 e. The van der Waals surface area contributed by atoms with Crippen LogP contribution in [0.25, 0.3) is 32.9 Å². The van der Waals surface area contributed by atoms with Gasteiger partial charge in [0.2, 0.25) is 0 Å². The van der Waals surface area contributed by atoms with Gasteiger partial charge in [-0.25, -0.2) is 15.0 Å². The first kappa shape index (κ1) is 11.1. The lowest BCUT2D eigenvalue weighted by atomic mass is 9.98. The van der Waals surface area contributed by atoms with Crippen LogP contribution in [-0.2, 0) is 0 Å².